The van der Waals surface area contributed by atoms with Gasteiger partial charge in [-0.15, -0.1) is 0 Å². The summed E-state index contributed by atoms with van der Waals surface area (Å²) in [5.74, 6) is 1.34. The molecule has 0 amide bonds. The molecule has 0 saturated heterocycles. The van der Waals surface area contributed by atoms with E-state index in [1.807, 2.05) is 13.0 Å². The Morgan fingerprint density at radius 3 is 2.50 bits per heavy atom. The lowest BCUT2D eigenvalue weighted by Gasteiger charge is -2.42. The standard InChI is InChI=1S/C15H24O/c1-11(2)13-6-5-12(3)15(13)9-7-14(4,16)8-10-15/h7,9,12-13,16H,1,5-6,8,10H2,2-4H3/t12-,13-,14+,15+/m1/s1. The van der Waals surface area contributed by atoms with Crippen LogP contribution in [0.15, 0.2) is 24.3 Å². The first-order valence-corrected chi connectivity index (χ1v) is 6.45. The van der Waals surface area contributed by atoms with Gasteiger partial charge in [0.1, 0.15) is 0 Å². The smallest absolute Gasteiger partial charge is 0.0800 e. The molecule has 1 heteroatoms. The summed E-state index contributed by atoms with van der Waals surface area (Å²) >= 11 is 0. The summed E-state index contributed by atoms with van der Waals surface area (Å²) in [6.45, 7) is 10.6. The van der Waals surface area contributed by atoms with E-state index in [1.54, 1.807) is 0 Å². The van der Waals surface area contributed by atoms with Crippen LogP contribution in [0, 0.1) is 17.3 Å². The van der Waals surface area contributed by atoms with Crippen LogP contribution in [0.25, 0.3) is 0 Å². The van der Waals surface area contributed by atoms with Gasteiger partial charge >= 0.3 is 0 Å². The lowest BCUT2D eigenvalue weighted by atomic mass is 9.63. The lowest BCUT2D eigenvalue weighted by molar-refractivity contribution is 0.0585. The molecule has 2 aliphatic rings. The zero-order chi connectivity index (χ0) is 12.0. The average molecular weight is 220 g/mol. The molecular formula is C15H24O. The Morgan fingerprint density at radius 2 is 2.00 bits per heavy atom. The minimum absolute atomic E-state index is 0.286. The fourth-order valence-corrected chi connectivity index (χ4v) is 3.67. The highest BCUT2D eigenvalue weighted by Gasteiger charge is 2.48. The van der Waals surface area contributed by atoms with E-state index in [0.717, 1.165) is 18.8 Å². The summed E-state index contributed by atoms with van der Waals surface area (Å²) in [4.78, 5) is 0. The molecule has 0 bridgehead atoms. The van der Waals surface area contributed by atoms with Gasteiger partial charge < -0.3 is 5.11 Å². The Labute approximate surface area is 99.3 Å². The van der Waals surface area contributed by atoms with Crippen LogP contribution >= 0.6 is 0 Å². The number of rotatable bonds is 1. The van der Waals surface area contributed by atoms with Gasteiger partial charge in [0.15, 0.2) is 0 Å². The molecule has 0 aromatic heterocycles. The number of allylic oxidation sites excluding steroid dienone is 2. The van der Waals surface area contributed by atoms with Crippen LogP contribution in [0.1, 0.15) is 46.5 Å². The van der Waals surface area contributed by atoms with Crippen molar-refractivity contribution in [2.45, 2.75) is 52.1 Å². The molecule has 0 aromatic carbocycles. The van der Waals surface area contributed by atoms with Crippen LogP contribution in [0.5, 0.6) is 0 Å². The van der Waals surface area contributed by atoms with Crippen LogP contribution in [0.3, 0.4) is 0 Å². The second-order valence-corrected chi connectivity index (χ2v) is 6.18. The molecule has 1 spiro atoms. The summed E-state index contributed by atoms with van der Waals surface area (Å²) in [6, 6.07) is 0. The second kappa shape index (κ2) is 3.73. The highest BCUT2D eigenvalue weighted by molar-refractivity contribution is 5.22. The highest BCUT2D eigenvalue weighted by atomic mass is 16.3. The molecular weight excluding hydrogens is 196 g/mol. The van der Waals surface area contributed by atoms with Crippen molar-refractivity contribution in [3.8, 4) is 0 Å². The fraction of sp³-hybridized carbons (Fsp3) is 0.733. The summed E-state index contributed by atoms with van der Waals surface area (Å²) in [7, 11) is 0. The maximum atomic E-state index is 10.0. The average Bonchev–Trinajstić information content (AvgIpc) is 2.50. The van der Waals surface area contributed by atoms with Crippen molar-refractivity contribution >= 4 is 0 Å². The summed E-state index contributed by atoms with van der Waals surface area (Å²) < 4.78 is 0. The van der Waals surface area contributed by atoms with Crippen molar-refractivity contribution in [2.24, 2.45) is 17.3 Å². The van der Waals surface area contributed by atoms with Gasteiger partial charge in [0, 0.05) is 0 Å². The summed E-state index contributed by atoms with van der Waals surface area (Å²) in [5.41, 5.74) is 1.01. The quantitative estimate of drug-likeness (QED) is 0.668. The van der Waals surface area contributed by atoms with Gasteiger partial charge in [0.2, 0.25) is 0 Å². The molecule has 2 aliphatic carbocycles. The van der Waals surface area contributed by atoms with Gasteiger partial charge in [0.25, 0.3) is 0 Å². The van der Waals surface area contributed by atoms with Crippen LogP contribution < -0.4 is 0 Å². The van der Waals surface area contributed by atoms with Crippen LogP contribution in [-0.4, -0.2) is 10.7 Å². The molecule has 0 aliphatic heterocycles. The summed E-state index contributed by atoms with van der Waals surface area (Å²) in [5, 5.41) is 10.0. The predicted octanol–water partition coefficient (Wildman–Crippen LogP) is 3.70. The Bertz CT molecular complexity index is 326. The van der Waals surface area contributed by atoms with E-state index in [-0.39, 0.29) is 5.41 Å². The maximum Gasteiger partial charge on any atom is 0.0800 e. The van der Waals surface area contributed by atoms with Crippen LogP contribution in [-0.2, 0) is 0 Å². The molecule has 0 radical (unpaired) electrons. The molecule has 0 unspecified atom stereocenters. The monoisotopic (exact) mass is 220 g/mol. The van der Waals surface area contributed by atoms with Gasteiger partial charge in [0.05, 0.1) is 5.60 Å². The first kappa shape index (κ1) is 11.9. The molecule has 4 atom stereocenters. The molecule has 1 saturated carbocycles. The first-order chi connectivity index (χ1) is 7.37. The normalized spacial score (nSPS) is 47.5. The highest BCUT2D eigenvalue weighted by Crippen LogP contribution is 2.56. The van der Waals surface area contributed by atoms with Crippen molar-refractivity contribution in [3.05, 3.63) is 24.3 Å². The Hall–Kier alpha value is -0.560. The van der Waals surface area contributed by atoms with Crippen molar-refractivity contribution in [1.82, 2.24) is 0 Å². The van der Waals surface area contributed by atoms with Gasteiger partial charge in [-0.25, -0.2) is 0 Å². The van der Waals surface area contributed by atoms with E-state index < -0.39 is 5.60 Å². The maximum absolute atomic E-state index is 10.0. The Balaban J connectivity index is 2.32. The lowest BCUT2D eigenvalue weighted by Crippen LogP contribution is -2.37. The third-order valence-electron chi connectivity index (χ3n) is 4.87. The Morgan fingerprint density at radius 1 is 1.31 bits per heavy atom. The molecule has 2 rings (SSSR count). The van der Waals surface area contributed by atoms with E-state index in [2.05, 4.69) is 26.5 Å². The van der Waals surface area contributed by atoms with E-state index in [9.17, 15) is 5.11 Å². The van der Waals surface area contributed by atoms with Crippen molar-refractivity contribution in [1.29, 1.82) is 0 Å². The van der Waals surface area contributed by atoms with E-state index in [0.29, 0.717) is 5.92 Å². The minimum Gasteiger partial charge on any atom is -0.386 e. The van der Waals surface area contributed by atoms with Gasteiger partial charge in [-0.05, 0) is 56.8 Å². The zero-order valence-electron chi connectivity index (χ0n) is 10.8. The molecule has 1 fully saturated rings. The minimum atomic E-state index is -0.590. The van der Waals surface area contributed by atoms with Gasteiger partial charge in [-0.1, -0.05) is 31.2 Å². The zero-order valence-corrected chi connectivity index (χ0v) is 10.8. The van der Waals surface area contributed by atoms with Gasteiger partial charge in [-0.3, -0.25) is 0 Å². The molecule has 0 heterocycles. The number of aliphatic hydroxyl groups is 1. The molecule has 1 nitrogen and oxygen atoms in total. The molecule has 0 aromatic rings. The SMILES string of the molecule is C=C(C)[C@H]1CC[C@@H](C)[C@@]12C=C[C@](C)(O)CC2. The van der Waals surface area contributed by atoms with Gasteiger partial charge in [-0.2, -0.15) is 0 Å². The Kier molecular flexibility index (Phi) is 2.78. The van der Waals surface area contributed by atoms with E-state index >= 15 is 0 Å². The van der Waals surface area contributed by atoms with E-state index in [4.69, 9.17) is 0 Å². The fourth-order valence-electron chi connectivity index (χ4n) is 3.67. The largest absolute Gasteiger partial charge is 0.386 e. The second-order valence-electron chi connectivity index (χ2n) is 6.18. The molecule has 16 heavy (non-hydrogen) atoms. The van der Waals surface area contributed by atoms with Crippen LogP contribution in [0.4, 0.5) is 0 Å². The van der Waals surface area contributed by atoms with Crippen molar-refractivity contribution in [3.63, 3.8) is 0 Å². The summed E-state index contributed by atoms with van der Waals surface area (Å²) in [6.07, 6.45) is 8.88. The van der Waals surface area contributed by atoms with Crippen molar-refractivity contribution in [2.75, 3.05) is 0 Å². The first-order valence-electron chi connectivity index (χ1n) is 6.45. The third kappa shape index (κ3) is 1.75. The number of hydrogen-bond donors (Lipinski definition) is 1. The topological polar surface area (TPSA) is 20.2 Å². The molecule has 1 N–H and O–H groups in total. The van der Waals surface area contributed by atoms with Crippen LogP contribution in [0.2, 0.25) is 0 Å². The molecule has 90 valence electrons. The predicted molar refractivity (Wildman–Crippen MR) is 68.1 cm³/mol. The number of hydrogen-bond acceptors (Lipinski definition) is 1. The van der Waals surface area contributed by atoms with E-state index in [1.165, 1.54) is 18.4 Å². The third-order valence-corrected chi connectivity index (χ3v) is 4.87. The van der Waals surface area contributed by atoms with Crippen molar-refractivity contribution < 1.29 is 5.11 Å².